The topological polar surface area (TPSA) is 58.6 Å². The molecule has 1 fully saturated rings. The van der Waals surface area contributed by atoms with Crippen molar-refractivity contribution < 1.29 is 14.6 Å². The van der Waals surface area contributed by atoms with E-state index in [-0.39, 0.29) is 18.1 Å². The van der Waals surface area contributed by atoms with Gasteiger partial charge in [-0.1, -0.05) is 19.3 Å². The summed E-state index contributed by atoms with van der Waals surface area (Å²) in [5.74, 6) is -0.0897. The summed E-state index contributed by atoms with van der Waals surface area (Å²) in [6.07, 6.45) is 8.13. The molecule has 0 saturated heterocycles. The van der Waals surface area contributed by atoms with Crippen LogP contribution in [0, 0.1) is 0 Å². The minimum absolute atomic E-state index is 0.0128. The molecule has 0 aliphatic heterocycles. The van der Waals surface area contributed by atoms with Crippen LogP contribution < -0.4 is 5.32 Å². The van der Waals surface area contributed by atoms with E-state index in [4.69, 9.17) is 4.74 Å². The van der Waals surface area contributed by atoms with E-state index >= 15 is 0 Å². The first-order chi connectivity index (χ1) is 8.72. The molecule has 1 aliphatic rings. The Morgan fingerprint density at radius 2 is 2.00 bits per heavy atom. The first-order valence-corrected chi connectivity index (χ1v) is 7.24. The van der Waals surface area contributed by atoms with E-state index in [1.54, 1.807) is 0 Å². The summed E-state index contributed by atoms with van der Waals surface area (Å²) in [7, 11) is 0. The minimum Gasteiger partial charge on any atom is -0.466 e. The lowest BCUT2D eigenvalue weighted by Gasteiger charge is -2.28. The molecule has 0 bridgehead atoms. The molecule has 4 nitrogen and oxygen atoms in total. The average molecular weight is 257 g/mol. The second kappa shape index (κ2) is 8.48. The number of rotatable bonds is 9. The first-order valence-electron chi connectivity index (χ1n) is 7.24. The maximum Gasteiger partial charge on any atom is 0.305 e. The number of carbonyl (C=O) groups excluding carboxylic acids is 1. The maximum atomic E-state index is 11.1. The first kappa shape index (κ1) is 15.4. The molecule has 0 heterocycles. The lowest BCUT2D eigenvalue weighted by molar-refractivity contribution is -0.143. The normalized spacial score (nSPS) is 17.9. The predicted molar refractivity (Wildman–Crippen MR) is 71.4 cm³/mol. The summed E-state index contributed by atoms with van der Waals surface area (Å²) in [5.41, 5.74) is -0.0128. The number of ether oxygens (including phenoxy) is 1. The van der Waals surface area contributed by atoms with Crippen molar-refractivity contribution in [2.75, 3.05) is 19.8 Å². The summed E-state index contributed by atoms with van der Waals surface area (Å²) >= 11 is 0. The van der Waals surface area contributed by atoms with Crippen molar-refractivity contribution in [1.29, 1.82) is 0 Å². The van der Waals surface area contributed by atoms with Crippen LogP contribution in [0.2, 0.25) is 0 Å². The molecule has 1 aliphatic carbocycles. The van der Waals surface area contributed by atoms with Crippen molar-refractivity contribution in [2.24, 2.45) is 0 Å². The van der Waals surface area contributed by atoms with Gasteiger partial charge in [0.1, 0.15) is 0 Å². The fourth-order valence-corrected chi connectivity index (χ4v) is 2.60. The predicted octanol–water partition coefficient (Wildman–Crippen LogP) is 2.00. The van der Waals surface area contributed by atoms with Crippen LogP contribution in [0.4, 0.5) is 0 Å². The van der Waals surface area contributed by atoms with Crippen molar-refractivity contribution in [3.8, 4) is 0 Å². The summed E-state index contributed by atoms with van der Waals surface area (Å²) in [6.45, 7) is 3.48. The van der Waals surface area contributed by atoms with Gasteiger partial charge in [0.15, 0.2) is 0 Å². The fourth-order valence-electron chi connectivity index (χ4n) is 2.60. The quantitative estimate of drug-likeness (QED) is 0.490. The molecule has 4 heteroatoms. The number of aliphatic hydroxyl groups is 1. The van der Waals surface area contributed by atoms with Gasteiger partial charge in [0.05, 0.1) is 13.2 Å². The summed E-state index contributed by atoms with van der Waals surface area (Å²) in [6, 6.07) is 0. The van der Waals surface area contributed by atoms with Gasteiger partial charge in [-0.2, -0.15) is 0 Å². The Hall–Kier alpha value is -0.610. The number of carbonyl (C=O) groups is 1. The lowest BCUT2D eigenvalue weighted by Crippen LogP contribution is -2.46. The summed E-state index contributed by atoms with van der Waals surface area (Å²) in [4.78, 5) is 11.1. The number of hydrogen-bond acceptors (Lipinski definition) is 4. The Bertz CT molecular complexity index is 237. The molecule has 1 rings (SSSR count). The standard InChI is InChI=1S/C14H27NO3/c1-2-18-13(17)8-4-3-7-11-15-14(12-16)9-5-6-10-14/h15-16H,2-12H2,1H3. The number of hydrogen-bond donors (Lipinski definition) is 2. The second-order valence-corrected chi connectivity index (χ2v) is 5.19. The third-order valence-corrected chi connectivity index (χ3v) is 3.73. The SMILES string of the molecule is CCOC(=O)CCCCCNC1(CO)CCCC1. The van der Waals surface area contributed by atoms with Crippen LogP contribution in [-0.2, 0) is 9.53 Å². The number of nitrogens with one attached hydrogen (secondary N) is 1. The van der Waals surface area contributed by atoms with Crippen LogP contribution in [0.3, 0.4) is 0 Å². The van der Waals surface area contributed by atoms with Gasteiger partial charge in [0, 0.05) is 12.0 Å². The molecule has 18 heavy (non-hydrogen) atoms. The minimum atomic E-state index is -0.0897. The van der Waals surface area contributed by atoms with E-state index < -0.39 is 0 Å². The molecule has 0 aromatic carbocycles. The fraction of sp³-hybridized carbons (Fsp3) is 0.929. The van der Waals surface area contributed by atoms with Gasteiger partial charge in [-0.15, -0.1) is 0 Å². The van der Waals surface area contributed by atoms with Crippen molar-refractivity contribution in [3.63, 3.8) is 0 Å². The molecule has 0 atom stereocenters. The molecular weight excluding hydrogens is 230 g/mol. The van der Waals surface area contributed by atoms with Gasteiger partial charge in [-0.25, -0.2) is 0 Å². The van der Waals surface area contributed by atoms with Gasteiger partial charge in [0.2, 0.25) is 0 Å². The zero-order valence-electron chi connectivity index (χ0n) is 11.5. The van der Waals surface area contributed by atoms with E-state index in [1.807, 2.05) is 6.92 Å². The van der Waals surface area contributed by atoms with Gasteiger partial charge in [-0.05, 0) is 39.2 Å². The summed E-state index contributed by atoms with van der Waals surface area (Å²) in [5, 5.41) is 12.9. The van der Waals surface area contributed by atoms with Gasteiger partial charge in [-0.3, -0.25) is 4.79 Å². The third-order valence-electron chi connectivity index (χ3n) is 3.73. The van der Waals surface area contributed by atoms with Crippen LogP contribution in [0.25, 0.3) is 0 Å². The third kappa shape index (κ3) is 5.36. The van der Waals surface area contributed by atoms with E-state index in [1.165, 1.54) is 12.8 Å². The average Bonchev–Trinajstić information content (AvgIpc) is 2.83. The molecule has 0 spiro atoms. The number of esters is 1. The zero-order chi connectivity index (χ0) is 13.3. The Kier molecular flexibility index (Phi) is 7.28. The van der Waals surface area contributed by atoms with Crippen LogP contribution in [-0.4, -0.2) is 36.4 Å². The van der Waals surface area contributed by atoms with Gasteiger partial charge in [0.25, 0.3) is 0 Å². The second-order valence-electron chi connectivity index (χ2n) is 5.19. The molecule has 106 valence electrons. The van der Waals surface area contributed by atoms with Crippen molar-refractivity contribution in [1.82, 2.24) is 5.32 Å². The van der Waals surface area contributed by atoms with E-state index in [0.29, 0.717) is 13.0 Å². The molecular formula is C14H27NO3. The highest BCUT2D eigenvalue weighted by Crippen LogP contribution is 2.28. The highest BCUT2D eigenvalue weighted by atomic mass is 16.5. The van der Waals surface area contributed by atoms with Crippen LogP contribution in [0.5, 0.6) is 0 Å². The van der Waals surface area contributed by atoms with Crippen molar-refractivity contribution in [2.45, 2.75) is 63.8 Å². The highest BCUT2D eigenvalue weighted by molar-refractivity contribution is 5.69. The maximum absolute atomic E-state index is 11.1. The van der Waals surface area contributed by atoms with E-state index in [0.717, 1.165) is 38.6 Å². The Morgan fingerprint density at radius 3 is 2.61 bits per heavy atom. The lowest BCUT2D eigenvalue weighted by atomic mass is 9.98. The molecule has 0 radical (unpaired) electrons. The number of aliphatic hydroxyl groups excluding tert-OH is 1. The van der Waals surface area contributed by atoms with Crippen LogP contribution in [0.15, 0.2) is 0 Å². The summed E-state index contributed by atoms with van der Waals surface area (Å²) < 4.78 is 4.88. The molecule has 0 unspecified atom stereocenters. The monoisotopic (exact) mass is 257 g/mol. The Balaban J connectivity index is 1.99. The Labute approximate surface area is 110 Å². The largest absolute Gasteiger partial charge is 0.466 e. The van der Waals surface area contributed by atoms with Crippen molar-refractivity contribution >= 4 is 5.97 Å². The molecule has 2 N–H and O–H groups in total. The molecule has 0 aromatic rings. The van der Waals surface area contributed by atoms with Crippen LogP contribution in [0.1, 0.15) is 58.3 Å². The van der Waals surface area contributed by atoms with E-state index in [2.05, 4.69) is 5.32 Å². The van der Waals surface area contributed by atoms with Crippen LogP contribution >= 0.6 is 0 Å². The van der Waals surface area contributed by atoms with Gasteiger partial charge < -0.3 is 15.2 Å². The zero-order valence-corrected chi connectivity index (χ0v) is 11.5. The van der Waals surface area contributed by atoms with E-state index in [9.17, 15) is 9.90 Å². The highest BCUT2D eigenvalue weighted by Gasteiger charge is 2.31. The van der Waals surface area contributed by atoms with Crippen molar-refractivity contribution in [3.05, 3.63) is 0 Å². The van der Waals surface area contributed by atoms with Gasteiger partial charge >= 0.3 is 5.97 Å². The Morgan fingerprint density at radius 1 is 1.28 bits per heavy atom. The molecule has 1 saturated carbocycles. The molecule has 0 amide bonds. The smallest absolute Gasteiger partial charge is 0.305 e. The number of unbranched alkanes of at least 4 members (excludes halogenated alkanes) is 2. The molecule has 0 aromatic heterocycles.